The van der Waals surface area contributed by atoms with Gasteiger partial charge in [-0.25, -0.2) is 0 Å². The van der Waals surface area contributed by atoms with Gasteiger partial charge in [-0.3, -0.25) is 0 Å². The Hall–Kier alpha value is -2.54. The molecule has 0 aliphatic carbocycles. The standard InChI is InChI=1S/C21H19N/c1-22-15-17-11-5-6-12-18(17)21(16-9-3-2-4-10-16)19-13-7-8-14-20(19)22/h2-14,21H,15H2,1H3. The van der Waals surface area contributed by atoms with Gasteiger partial charge in [0, 0.05) is 25.2 Å². The summed E-state index contributed by atoms with van der Waals surface area (Å²) in [5, 5.41) is 0. The van der Waals surface area contributed by atoms with Crippen molar-refractivity contribution in [2.45, 2.75) is 12.5 Å². The summed E-state index contributed by atoms with van der Waals surface area (Å²) in [4.78, 5) is 2.36. The maximum atomic E-state index is 2.36. The normalized spacial score (nSPS) is 16.6. The van der Waals surface area contributed by atoms with Crippen molar-refractivity contribution >= 4 is 5.69 Å². The van der Waals surface area contributed by atoms with Crippen molar-refractivity contribution in [2.24, 2.45) is 0 Å². The van der Waals surface area contributed by atoms with Gasteiger partial charge in [0.1, 0.15) is 0 Å². The van der Waals surface area contributed by atoms with Crippen molar-refractivity contribution in [2.75, 3.05) is 11.9 Å². The summed E-state index contributed by atoms with van der Waals surface area (Å²) >= 11 is 0. The Morgan fingerprint density at radius 1 is 0.727 bits per heavy atom. The molecule has 0 aromatic heterocycles. The molecule has 1 aliphatic rings. The number of hydrogen-bond donors (Lipinski definition) is 0. The van der Waals surface area contributed by atoms with Gasteiger partial charge in [0.25, 0.3) is 0 Å². The molecule has 1 aliphatic heterocycles. The minimum absolute atomic E-state index is 0.304. The fourth-order valence-corrected chi connectivity index (χ4v) is 3.55. The lowest BCUT2D eigenvalue weighted by molar-refractivity contribution is 0.923. The van der Waals surface area contributed by atoms with Crippen LogP contribution in [-0.2, 0) is 6.54 Å². The first-order valence-corrected chi connectivity index (χ1v) is 7.77. The zero-order valence-corrected chi connectivity index (χ0v) is 12.7. The second-order valence-electron chi connectivity index (χ2n) is 5.96. The number of benzene rings is 3. The van der Waals surface area contributed by atoms with Crippen LogP contribution in [0.25, 0.3) is 0 Å². The van der Waals surface area contributed by atoms with E-state index in [0.717, 1.165) is 6.54 Å². The van der Waals surface area contributed by atoms with Crippen molar-refractivity contribution in [1.82, 2.24) is 0 Å². The van der Waals surface area contributed by atoms with Crippen molar-refractivity contribution in [3.8, 4) is 0 Å². The van der Waals surface area contributed by atoms with Gasteiger partial charge in [-0.2, -0.15) is 0 Å². The summed E-state index contributed by atoms with van der Waals surface area (Å²) in [6, 6.07) is 28.5. The molecule has 3 aromatic carbocycles. The second kappa shape index (κ2) is 5.34. The van der Waals surface area contributed by atoms with E-state index in [2.05, 4.69) is 90.8 Å². The lowest BCUT2D eigenvalue weighted by atomic mass is 9.83. The first-order valence-electron chi connectivity index (χ1n) is 7.77. The molecule has 108 valence electrons. The monoisotopic (exact) mass is 285 g/mol. The number of hydrogen-bond acceptors (Lipinski definition) is 1. The molecule has 0 bridgehead atoms. The molecule has 4 rings (SSSR count). The topological polar surface area (TPSA) is 3.24 Å². The molecule has 3 aromatic rings. The highest BCUT2D eigenvalue weighted by atomic mass is 15.1. The summed E-state index contributed by atoms with van der Waals surface area (Å²) in [5.74, 6) is 0.304. The lowest BCUT2D eigenvalue weighted by Gasteiger charge is -2.22. The van der Waals surface area contributed by atoms with Gasteiger partial charge in [0.15, 0.2) is 0 Å². The third-order valence-corrected chi connectivity index (χ3v) is 4.57. The molecule has 0 fully saturated rings. The van der Waals surface area contributed by atoms with Crippen molar-refractivity contribution in [3.63, 3.8) is 0 Å². The summed E-state index contributed by atoms with van der Waals surface area (Å²) in [6.07, 6.45) is 0. The van der Waals surface area contributed by atoms with Crippen LogP contribution >= 0.6 is 0 Å². The molecule has 1 heteroatoms. The van der Waals surface area contributed by atoms with Crippen LogP contribution in [0.2, 0.25) is 0 Å². The first kappa shape index (κ1) is 13.1. The van der Waals surface area contributed by atoms with E-state index in [4.69, 9.17) is 0 Å². The Morgan fingerprint density at radius 2 is 1.36 bits per heavy atom. The van der Waals surface area contributed by atoms with E-state index in [1.807, 2.05) is 0 Å². The number of fused-ring (bicyclic) bond motifs is 2. The van der Waals surface area contributed by atoms with Crippen LogP contribution in [0.4, 0.5) is 5.69 Å². The quantitative estimate of drug-likeness (QED) is 0.620. The van der Waals surface area contributed by atoms with Crippen LogP contribution in [0.3, 0.4) is 0 Å². The molecule has 0 radical (unpaired) electrons. The van der Waals surface area contributed by atoms with Crippen LogP contribution in [0.15, 0.2) is 78.9 Å². The maximum absolute atomic E-state index is 2.36. The molecular formula is C21H19N. The largest absolute Gasteiger partial charge is 0.370 e. The van der Waals surface area contributed by atoms with Crippen molar-refractivity contribution in [1.29, 1.82) is 0 Å². The van der Waals surface area contributed by atoms with Crippen LogP contribution in [0.1, 0.15) is 28.2 Å². The zero-order valence-electron chi connectivity index (χ0n) is 12.7. The van der Waals surface area contributed by atoms with E-state index in [0.29, 0.717) is 5.92 Å². The number of para-hydroxylation sites is 1. The van der Waals surface area contributed by atoms with Gasteiger partial charge in [-0.05, 0) is 28.3 Å². The molecule has 0 saturated carbocycles. The molecule has 0 spiro atoms. The minimum Gasteiger partial charge on any atom is -0.370 e. The van der Waals surface area contributed by atoms with E-state index >= 15 is 0 Å². The van der Waals surface area contributed by atoms with Gasteiger partial charge in [-0.15, -0.1) is 0 Å². The number of nitrogens with zero attached hydrogens (tertiary/aromatic N) is 1. The Labute approximate surface area is 131 Å². The van der Waals surface area contributed by atoms with Crippen LogP contribution in [-0.4, -0.2) is 7.05 Å². The van der Waals surface area contributed by atoms with Gasteiger partial charge in [0.05, 0.1) is 0 Å². The third-order valence-electron chi connectivity index (χ3n) is 4.57. The predicted octanol–water partition coefficient (Wildman–Crippen LogP) is 4.82. The molecule has 22 heavy (non-hydrogen) atoms. The molecule has 0 amide bonds. The smallest absolute Gasteiger partial charge is 0.0429 e. The van der Waals surface area contributed by atoms with Crippen LogP contribution in [0, 0.1) is 0 Å². The van der Waals surface area contributed by atoms with Gasteiger partial charge in [-0.1, -0.05) is 72.8 Å². The summed E-state index contributed by atoms with van der Waals surface area (Å²) in [6.45, 7) is 0.955. The molecular weight excluding hydrogens is 266 g/mol. The highest BCUT2D eigenvalue weighted by Gasteiger charge is 2.26. The van der Waals surface area contributed by atoms with E-state index in [1.165, 1.54) is 27.9 Å². The Morgan fingerprint density at radius 3 is 2.18 bits per heavy atom. The molecule has 1 unspecified atom stereocenters. The number of anilines is 1. The van der Waals surface area contributed by atoms with Gasteiger partial charge < -0.3 is 4.90 Å². The van der Waals surface area contributed by atoms with E-state index in [1.54, 1.807) is 0 Å². The predicted molar refractivity (Wildman–Crippen MR) is 92.4 cm³/mol. The SMILES string of the molecule is CN1Cc2ccccc2C(c2ccccc2)c2ccccc21. The Balaban J connectivity index is 2.01. The molecule has 0 N–H and O–H groups in total. The third kappa shape index (κ3) is 2.10. The van der Waals surface area contributed by atoms with E-state index in [9.17, 15) is 0 Å². The fourth-order valence-electron chi connectivity index (χ4n) is 3.55. The highest BCUT2D eigenvalue weighted by Crippen LogP contribution is 2.41. The first-order chi connectivity index (χ1) is 10.8. The zero-order chi connectivity index (χ0) is 14.9. The number of rotatable bonds is 1. The average Bonchev–Trinajstić information content (AvgIpc) is 2.70. The van der Waals surface area contributed by atoms with E-state index in [-0.39, 0.29) is 0 Å². The molecule has 1 atom stereocenters. The Kier molecular flexibility index (Phi) is 3.19. The fraction of sp³-hybridized carbons (Fsp3) is 0.143. The van der Waals surface area contributed by atoms with E-state index < -0.39 is 0 Å². The van der Waals surface area contributed by atoms with Gasteiger partial charge >= 0.3 is 0 Å². The summed E-state index contributed by atoms with van der Waals surface area (Å²) in [7, 11) is 2.18. The van der Waals surface area contributed by atoms with Crippen molar-refractivity contribution in [3.05, 3.63) is 101 Å². The van der Waals surface area contributed by atoms with Crippen LogP contribution < -0.4 is 4.90 Å². The summed E-state index contributed by atoms with van der Waals surface area (Å²) in [5.41, 5.74) is 6.91. The van der Waals surface area contributed by atoms with Crippen molar-refractivity contribution < 1.29 is 0 Å². The Bertz CT molecular complexity index is 792. The second-order valence-corrected chi connectivity index (χ2v) is 5.96. The van der Waals surface area contributed by atoms with Gasteiger partial charge in [0.2, 0.25) is 0 Å². The minimum atomic E-state index is 0.304. The summed E-state index contributed by atoms with van der Waals surface area (Å²) < 4.78 is 0. The average molecular weight is 285 g/mol. The maximum Gasteiger partial charge on any atom is 0.0429 e. The van der Waals surface area contributed by atoms with Crippen LogP contribution in [0.5, 0.6) is 0 Å². The molecule has 0 saturated heterocycles. The molecule has 1 nitrogen and oxygen atoms in total. The lowest BCUT2D eigenvalue weighted by Crippen LogP contribution is -2.16. The highest BCUT2D eigenvalue weighted by molar-refractivity contribution is 5.63. The molecule has 1 heterocycles.